The van der Waals surface area contributed by atoms with Crippen molar-refractivity contribution in [1.29, 1.82) is 0 Å². The summed E-state index contributed by atoms with van der Waals surface area (Å²) in [7, 11) is 2.50. The molecule has 1 aromatic heterocycles. The topological polar surface area (TPSA) is 79.7 Å². The number of rotatable bonds is 9. The minimum atomic E-state index is -0.703. The first-order valence-corrected chi connectivity index (χ1v) is 9.88. The second kappa shape index (κ2) is 10.3. The van der Waals surface area contributed by atoms with Crippen molar-refractivity contribution in [2.45, 2.75) is 6.42 Å². The lowest BCUT2D eigenvalue weighted by molar-refractivity contribution is 0.0549. The van der Waals surface area contributed by atoms with Crippen molar-refractivity contribution in [3.05, 3.63) is 90.7 Å². The van der Waals surface area contributed by atoms with Gasteiger partial charge >= 0.3 is 11.9 Å². The highest BCUT2D eigenvalue weighted by atomic mass is 16.5. The van der Waals surface area contributed by atoms with Gasteiger partial charge in [-0.1, -0.05) is 36.9 Å². The molecular weight excluding hydrogens is 408 g/mol. The molecule has 7 nitrogen and oxygen atoms in total. The molecular formula is C25H24N2O5. The molecule has 0 saturated heterocycles. The second-order valence-corrected chi connectivity index (χ2v) is 6.72. The lowest BCUT2D eigenvalue weighted by atomic mass is 10.0. The maximum atomic E-state index is 12.8. The summed E-state index contributed by atoms with van der Waals surface area (Å²) in [6.07, 6.45) is 3.95. The largest absolute Gasteiger partial charge is 0.489 e. The molecule has 0 unspecified atom stereocenters. The van der Waals surface area contributed by atoms with Crippen LogP contribution in [-0.4, -0.2) is 42.5 Å². The Bertz CT molecular complexity index is 1150. The maximum absolute atomic E-state index is 12.8. The lowest BCUT2D eigenvalue weighted by Crippen LogP contribution is -2.15. The van der Waals surface area contributed by atoms with Gasteiger partial charge in [0.25, 0.3) is 0 Å². The molecule has 1 heterocycles. The van der Waals surface area contributed by atoms with Gasteiger partial charge < -0.3 is 14.2 Å². The van der Waals surface area contributed by atoms with Crippen LogP contribution < -0.4 is 4.74 Å². The summed E-state index contributed by atoms with van der Waals surface area (Å²) < 4.78 is 17.1. The number of carbonyl (C=O) groups excluding carboxylic acids is 2. The summed E-state index contributed by atoms with van der Waals surface area (Å²) in [5.74, 6) is -0.728. The minimum absolute atomic E-state index is 0.0159. The Morgan fingerprint density at radius 1 is 1.00 bits per heavy atom. The quantitative estimate of drug-likeness (QED) is 0.368. The fourth-order valence-corrected chi connectivity index (χ4v) is 3.29. The van der Waals surface area contributed by atoms with E-state index in [1.807, 2.05) is 24.3 Å². The maximum Gasteiger partial charge on any atom is 0.357 e. The van der Waals surface area contributed by atoms with E-state index in [0.717, 1.165) is 5.56 Å². The van der Waals surface area contributed by atoms with Crippen molar-refractivity contribution in [1.82, 2.24) is 9.78 Å². The van der Waals surface area contributed by atoms with Crippen LogP contribution in [0.3, 0.4) is 0 Å². The van der Waals surface area contributed by atoms with Crippen molar-refractivity contribution in [2.24, 2.45) is 0 Å². The van der Waals surface area contributed by atoms with Crippen LogP contribution in [0.4, 0.5) is 0 Å². The summed E-state index contributed by atoms with van der Waals surface area (Å²) in [6.45, 7) is 7.82. The first-order valence-electron chi connectivity index (χ1n) is 9.88. The van der Waals surface area contributed by atoms with Crippen LogP contribution in [0.2, 0.25) is 0 Å². The molecule has 0 aliphatic heterocycles. The van der Waals surface area contributed by atoms with E-state index in [2.05, 4.69) is 18.3 Å². The van der Waals surface area contributed by atoms with Gasteiger partial charge in [0.2, 0.25) is 0 Å². The van der Waals surface area contributed by atoms with Gasteiger partial charge in [-0.2, -0.15) is 5.10 Å². The summed E-state index contributed by atoms with van der Waals surface area (Å²) >= 11 is 0. The van der Waals surface area contributed by atoms with E-state index in [1.54, 1.807) is 36.4 Å². The normalized spacial score (nSPS) is 10.3. The zero-order valence-electron chi connectivity index (χ0n) is 18.0. The molecule has 0 radical (unpaired) electrons. The average molecular weight is 432 g/mol. The van der Waals surface area contributed by atoms with Crippen LogP contribution in [-0.2, 0) is 15.9 Å². The van der Waals surface area contributed by atoms with Crippen molar-refractivity contribution >= 4 is 11.9 Å². The third-order valence-electron chi connectivity index (χ3n) is 4.71. The van der Waals surface area contributed by atoms with E-state index >= 15 is 0 Å². The minimum Gasteiger partial charge on any atom is -0.489 e. The number of esters is 2. The third-order valence-corrected chi connectivity index (χ3v) is 4.71. The van der Waals surface area contributed by atoms with Gasteiger partial charge in [-0.05, 0) is 42.3 Å². The number of methoxy groups -OCH3 is 2. The second-order valence-electron chi connectivity index (χ2n) is 6.72. The molecule has 0 atom stereocenters. The molecule has 2 aromatic carbocycles. The number of hydrogen-bond donors (Lipinski definition) is 0. The number of hydrogen-bond acceptors (Lipinski definition) is 6. The number of aromatic nitrogens is 2. The van der Waals surface area contributed by atoms with Crippen molar-refractivity contribution in [3.8, 4) is 22.7 Å². The molecule has 0 fully saturated rings. The number of carbonyl (C=O) groups is 2. The summed E-state index contributed by atoms with van der Waals surface area (Å²) in [6, 6.07) is 14.4. The highest BCUT2D eigenvalue weighted by Gasteiger charge is 2.31. The van der Waals surface area contributed by atoms with Crippen LogP contribution in [0.1, 0.15) is 26.4 Å². The first-order chi connectivity index (χ1) is 15.5. The highest BCUT2D eigenvalue weighted by molar-refractivity contribution is 6.06. The monoisotopic (exact) mass is 432 g/mol. The molecule has 7 heteroatoms. The molecule has 32 heavy (non-hydrogen) atoms. The van der Waals surface area contributed by atoms with Crippen LogP contribution in [0, 0.1) is 0 Å². The SMILES string of the molecule is C=CCOc1ccc(-c2nn(-c3ccccc3)c(C(=O)OC)c2C(=O)OC)cc1CC=C. The summed E-state index contributed by atoms with van der Waals surface area (Å²) in [5, 5.41) is 4.61. The van der Waals surface area contributed by atoms with E-state index in [0.29, 0.717) is 35.7 Å². The molecule has 0 amide bonds. The fraction of sp³-hybridized carbons (Fsp3) is 0.160. The Morgan fingerprint density at radius 3 is 2.34 bits per heavy atom. The number of nitrogens with zero attached hydrogens (tertiary/aromatic N) is 2. The van der Waals surface area contributed by atoms with Crippen molar-refractivity contribution in [2.75, 3.05) is 20.8 Å². The standard InChI is InChI=1S/C25H24N2O5/c1-5-10-17-16-18(13-14-20(17)32-15-6-2)22-21(24(28)30-3)23(25(29)31-4)27(26-22)19-11-8-7-9-12-19/h5-9,11-14,16H,1-2,10,15H2,3-4H3. The van der Waals surface area contributed by atoms with Gasteiger partial charge in [-0.15, -0.1) is 6.58 Å². The lowest BCUT2D eigenvalue weighted by Gasteiger charge is -2.11. The van der Waals surface area contributed by atoms with Crippen LogP contribution >= 0.6 is 0 Å². The van der Waals surface area contributed by atoms with Crippen LogP contribution in [0.15, 0.2) is 73.8 Å². The zero-order valence-corrected chi connectivity index (χ0v) is 18.0. The van der Waals surface area contributed by atoms with E-state index in [-0.39, 0.29) is 11.3 Å². The molecule has 3 rings (SSSR count). The Balaban J connectivity index is 2.28. The molecule has 0 N–H and O–H groups in total. The van der Waals surface area contributed by atoms with Gasteiger partial charge in [-0.25, -0.2) is 14.3 Å². The summed E-state index contributed by atoms with van der Waals surface area (Å²) in [5.41, 5.74) is 2.37. The summed E-state index contributed by atoms with van der Waals surface area (Å²) in [4.78, 5) is 25.5. The Kier molecular flexibility index (Phi) is 7.23. The van der Waals surface area contributed by atoms with E-state index in [1.165, 1.54) is 18.9 Å². The molecule has 0 aliphatic carbocycles. The highest BCUT2D eigenvalue weighted by Crippen LogP contribution is 2.32. The number of ether oxygens (including phenoxy) is 3. The van der Waals surface area contributed by atoms with E-state index < -0.39 is 11.9 Å². The zero-order chi connectivity index (χ0) is 23.1. The molecule has 0 bridgehead atoms. The molecule has 0 saturated carbocycles. The predicted molar refractivity (Wildman–Crippen MR) is 121 cm³/mol. The van der Waals surface area contributed by atoms with Gasteiger partial charge in [0, 0.05) is 5.56 Å². The van der Waals surface area contributed by atoms with Gasteiger partial charge in [0.15, 0.2) is 5.69 Å². The van der Waals surface area contributed by atoms with E-state index in [4.69, 9.17) is 14.2 Å². The molecule has 0 spiro atoms. The van der Waals surface area contributed by atoms with Gasteiger partial charge in [0.1, 0.15) is 23.6 Å². The first kappa shape index (κ1) is 22.6. The Morgan fingerprint density at radius 2 is 1.72 bits per heavy atom. The Labute approximate surface area is 186 Å². The van der Waals surface area contributed by atoms with Crippen molar-refractivity contribution in [3.63, 3.8) is 0 Å². The molecule has 0 aliphatic rings. The average Bonchev–Trinajstić information content (AvgIpc) is 3.23. The van der Waals surface area contributed by atoms with Crippen LogP contribution in [0.25, 0.3) is 16.9 Å². The molecule has 164 valence electrons. The predicted octanol–water partition coefficient (Wildman–Crippen LogP) is 4.41. The van der Waals surface area contributed by atoms with E-state index in [9.17, 15) is 9.59 Å². The third kappa shape index (κ3) is 4.46. The fourth-order valence-electron chi connectivity index (χ4n) is 3.29. The Hall–Kier alpha value is -4.13. The smallest absolute Gasteiger partial charge is 0.357 e. The number of allylic oxidation sites excluding steroid dienone is 1. The number of para-hydroxylation sites is 1. The number of benzene rings is 2. The van der Waals surface area contributed by atoms with Gasteiger partial charge in [-0.3, -0.25) is 0 Å². The van der Waals surface area contributed by atoms with Crippen LogP contribution in [0.5, 0.6) is 5.75 Å². The van der Waals surface area contributed by atoms with Gasteiger partial charge in [0.05, 0.1) is 19.9 Å². The molecule has 3 aromatic rings. The van der Waals surface area contributed by atoms with Crippen molar-refractivity contribution < 1.29 is 23.8 Å².